The van der Waals surface area contributed by atoms with Crippen LogP contribution in [0.25, 0.3) is 16.7 Å². The summed E-state index contributed by atoms with van der Waals surface area (Å²) in [6.45, 7) is 5.63. The average Bonchev–Trinajstić information content (AvgIpc) is 3.12. The molecule has 4 aromatic rings. The Morgan fingerprint density at radius 2 is 1.67 bits per heavy atom. The first-order valence-electron chi connectivity index (χ1n) is 10.3. The largest absolute Gasteiger partial charge is 0.356 e. The van der Waals surface area contributed by atoms with E-state index in [1.807, 2.05) is 38.1 Å². The summed E-state index contributed by atoms with van der Waals surface area (Å²) >= 11 is 0. The number of para-hydroxylation sites is 1. The molecule has 1 saturated heterocycles. The van der Waals surface area contributed by atoms with Gasteiger partial charge in [0.05, 0.1) is 17.3 Å². The second-order valence-corrected chi connectivity index (χ2v) is 7.89. The van der Waals surface area contributed by atoms with Gasteiger partial charge in [-0.3, -0.25) is 4.79 Å². The molecule has 1 aliphatic heterocycles. The molecule has 0 saturated carbocycles. The fraction of sp³-hybridized carbons (Fsp3) is 0.304. The molecular formula is C23H24N6O. The topological polar surface area (TPSA) is 68.8 Å². The van der Waals surface area contributed by atoms with Crippen LogP contribution < -0.4 is 10.5 Å². The molecule has 1 aliphatic rings. The normalized spacial score (nSPS) is 15.1. The number of piperidine rings is 1. The molecule has 152 valence electrons. The maximum absolute atomic E-state index is 12.5. The summed E-state index contributed by atoms with van der Waals surface area (Å²) in [6, 6.07) is 17.8. The fourth-order valence-corrected chi connectivity index (χ4v) is 4.22. The van der Waals surface area contributed by atoms with Crippen molar-refractivity contribution in [2.24, 2.45) is 0 Å². The minimum absolute atomic E-state index is 0.0671. The van der Waals surface area contributed by atoms with Gasteiger partial charge in [-0.05, 0) is 57.0 Å². The summed E-state index contributed by atoms with van der Waals surface area (Å²) in [4.78, 5) is 19.6. The van der Waals surface area contributed by atoms with E-state index < -0.39 is 0 Å². The first-order chi connectivity index (χ1) is 14.6. The average molecular weight is 400 g/mol. The van der Waals surface area contributed by atoms with Gasteiger partial charge in [-0.15, -0.1) is 5.10 Å². The van der Waals surface area contributed by atoms with E-state index in [-0.39, 0.29) is 11.6 Å². The number of nitrogens with zero attached hydrogens (tertiary/aromatic N) is 6. The molecule has 0 radical (unpaired) electrons. The molecule has 0 N–H and O–H groups in total. The number of anilines is 1. The van der Waals surface area contributed by atoms with Crippen molar-refractivity contribution in [3.8, 4) is 5.82 Å². The molecule has 7 heteroatoms. The zero-order valence-electron chi connectivity index (χ0n) is 17.2. The lowest BCUT2D eigenvalue weighted by Crippen LogP contribution is -2.39. The van der Waals surface area contributed by atoms with Gasteiger partial charge in [0.2, 0.25) is 0 Å². The maximum atomic E-state index is 12.5. The van der Waals surface area contributed by atoms with E-state index in [4.69, 9.17) is 4.98 Å². The van der Waals surface area contributed by atoms with E-state index in [1.165, 1.54) is 0 Å². The molecule has 0 amide bonds. The van der Waals surface area contributed by atoms with Gasteiger partial charge in [-0.2, -0.15) is 5.10 Å². The highest BCUT2D eigenvalue weighted by molar-refractivity contribution is 5.80. The van der Waals surface area contributed by atoms with Crippen LogP contribution in [0.4, 0.5) is 5.82 Å². The van der Waals surface area contributed by atoms with Crippen LogP contribution in [0.3, 0.4) is 0 Å². The van der Waals surface area contributed by atoms with Crippen molar-refractivity contribution in [2.75, 3.05) is 18.0 Å². The lowest BCUT2D eigenvalue weighted by atomic mass is 10.1. The van der Waals surface area contributed by atoms with Crippen molar-refractivity contribution in [3.63, 3.8) is 0 Å². The van der Waals surface area contributed by atoms with E-state index in [0.29, 0.717) is 5.82 Å². The number of pyridine rings is 1. The van der Waals surface area contributed by atoms with E-state index in [9.17, 15) is 4.79 Å². The lowest BCUT2D eigenvalue weighted by Gasteiger charge is -2.33. The summed E-state index contributed by atoms with van der Waals surface area (Å²) in [5.41, 5.74) is 2.88. The Morgan fingerprint density at radius 3 is 2.43 bits per heavy atom. The highest BCUT2D eigenvalue weighted by Gasteiger charge is 2.23. The van der Waals surface area contributed by atoms with E-state index in [1.54, 1.807) is 21.5 Å². The van der Waals surface area contributed by atoms with Crippen molar-refractivity contribution in [2.45, 2.75) is 32.7 Å². The summed E-state index contributed by atoms with van der Waals surface area (Å²) in [5, 5.41) is 10.3. The van der Waals surface area contributed by atoms with Crippen molar-refractivity contribution in [1.82, 2.24) is 24.5 Å². The van der Waals surface area contributed by atoms with Crippen LogP contribution >= 0.6 is 0 Å². The summed E-state index contributed by atoms with van der Waals surface area (Å²) < 4.78 is 3.43. The summed E-state index contributed by atoms with van der Waals surface area (Å²) in [7, 11) is 0. The standard InChI is InChI=1S/C23H24N6O/c1-16-15-17(2)28(25-16)22-9-10-23(30)29(26-22)19-11-13-27(14-12-19)21-8-7-18-5-3-4-6-20(18)24-21/h3-10,15,19H,11-14H2,1-2H3. The third kappa shape index (κ3) is 3.36. The number of aromatic nitrogens is 5. The Kier molecular flexibility index (Phi) is 4.58. The van der Waals surface area contributed by atoms with E-state index in [2.05, 4.69) is 33.3 Å². The van der Waals surface area contributed by atoms with Gasteiger partial charge in [0.1, 0.15) is 5.82 Å². The molecular weight excluding hydrogens is 376 g/mol. The summed E-state index contributed by atoms with van der Waals surface area (Å²) in [5.74, 6) is 1.67. The van der Waals surface area contributed by atoms with Crippen molar-refractivity contribution in [3.05, 3.63) is 76.3 Å². The third-order valence-electron chi connectivity index (χ3n) is 5.76. The Hall–Kier alpha value is -3.48. The smallest absolute Gasteiger partial charge is 0.267 e. The molecule has 0 atom stereocenters. The number of rotatable bonds is 3. The van der Waals surface area contributed by atoms with Crippen LogP contribution in [0, 0.1) is 13.8 Å². The van der Waals surface area contributed by atoms with E-state index >= 15 is 0 Å². The predicted molar refractivity (Wildman–Crippen MR) is 117 cm³/mol. The van der Waals surface area contributed by atoms with Crippen molar-refractivity contribution < 1.29 is 0 Å². The van der Waals surface area contributed by atoms with Crippen LogP contribution in [-0.4, -0.2) is 37.6 Å². The second kappa shape index (κ2) is 7.40. The third-order valence-corrected chi connectivity index (χ3v) is 5.76. The van der Waals surface area contributed by atoms with E-state index in [0.717, 1.165) is 54.0 Å². The molecule has 5 rings (SSSR count). The Labute approximate surface area is 174 Å². The highest BCUT2D eigenvalue weighted by atomic mass is 16.1. The van der Waals surface area contributed by atoms with Gasteiger partial charge in [0, 0.05) is 30.2 Å². The number of aryl methyl sites for hydroxylation is 2. The Morgan fingerprint density at radius 1 is 0.900 bits per heavy atom. The SMILES string of the molecule is Cc1cc(C)n(-c2ccc(=O)n(C3CCN(c4ccc5ccccc5n4)CC3)n2)n1. The molecule has 0 unspecified atom stereocenters. The van der Waals surface area contributed by atoms with Crippen LogP contribution in [0.2, 0.25) is 0 Å². The zero-order valence-corrected chi connectivity index (χ0v) is 17.2. The highest BCUT2D eigenvalue weighted by Crippen LogP contribution is 2.26. The first-order valence-corrected chi connectivity index (χ1v) is 10.3. The van der Waals surface area contributed by atoms with Crippen molar-refractivity contribution >= 4 is 16.7 Å². The zero-order chi connectivity index (χ0) is 20.7. The molecule has 7 nitrogen and oxygen atoms in total. The quantitative estimate of drug-likeness (QED) is 0.527. The Balaban J connectivity index is 1.36. The van der Waals surface area contributed by atoms with Crippen LogP contribution in [-0.2, 0) is 0 Å². The van der Waals surface area contributed by atoms with Gasteiger partial charge in [0.25, 0.3) is 5.56 Å². The number of hydrogen-bond donors (Lipinski definition) is 0. The molecule has 1 aromatic carbocycles. The van der Waals surface area contributed by atoms with Crippen LogP contribution in [0.15, 0.2) is 59.4 Å². The van der Waals surface area contributed by atoms with Gasteiger partial charge in [-0.25, -0.2) is 14.3 Å². The fourth-order valence-electron chi connectivity index (χ4n) is 4.22. The molecule has 30 heavy (non-hydrogen) atoms. The summed E-state index contributed by atoms with van der Waals surface area (Å²) in [6.07, 6.45) is 1.70. The number of fused-ring (bicyclic) bond motifs is 1. The van der Waals surface area contributed by atoms with Gasteiger partial charge >= 0.3 is 0 Å². The first kappa shape index (κ1) is 18.5. The molecule has 1 fully saturated rings. The van der Waals surface area contributed by atoms with Crippen LogP contribution in [0.5, 0.6) is 0 Å². The molecule has 3 aromatic heterocycles. The molecule has 0 spiro atoms. The number of hydrogen-bond acceptors (Lipinski definition) is 5. The predicted octanol–water partition coefficient (Wildman–Crippen LogP) is 3.44. The van der Waals surface area contributed by atoms with Gasteiger partial charge in [-0.1, -0.05) is 18.2 Å². The number of benzene rings is 1. The minimum Gasteiger partial charge on any atom is -0.356 e. The maximum Gasteiger partial charge on any atom is 0.267 e. The Bertz CT molecular complexity index is 1270. The molecule has 0 bridgehead atoms. The second-order valence-electron chi connectivity index (χ2n) is 7.89. The van der Waals surface area contributed by atoms with Gasteiger partial charge in [0.15, 0.2) is 5.82 Å². The van der Waals surface area contributed by atoms with Gasteiger partial charge < -0.3 is 4.90 Å². The lowest BCUT2D eigenvalue weighted by molar-refractivity contribution is 0.351. The molecule has 4 heterocycles. The van der Waals surface area contributed by atoms with Crippen molar-refractivity contribution in [1.29, 1.82) is 0 Å². The minimum atomic E-state index is -0.0671. The molecule has 0 aliphatic carbocycles. The van der Waals surface area contributed by atoms with Crippen LogP contribution in [0.1, 0.15) is 30.3 Å². The monoisotopic (exact) mass is 400 g/mol.